The number of H-pyrrole nitrogens is 1. The number of rotatable bonds is 2. The third-order valence-corrected chi connectivity index (χ3v) is 4.04. The molecule has 0 aliphatic rings. The Hall–Kier alpha value is -1.80. The number of fused-ring (bicyclic) bond motifs is 1. The molecule has 0 aliphatic heterocycles. The van der Waals surface area contributed by atoms with Gasteiger partial charge in [0.1, 0.15) is 0 Å². The highest BCUT2D eigenvalue weighted by molar-refractivity contribution is 9.10. The van der Waals surface area contributed by atoms with Crippen molar-refractivity contribution in [2.45, 2.75) is 5.16 Å². The molecule has 0 atom stereocenters. The van der Waals surface area contributed by atoms with Crippen LogP contribution in [0.2, 0.25) is 0 Å². The summed E-state index contributed by atoms with van der Waals surface area (Å²) in [7, 11) is -3.39. The van der Waals surface area contributed by atoms with Gasteiger partial charge in [0.25, 0.3) is 0 Å². The number of halogens is 1. The van der Waals surface area contributed by atoms with Gasteiger partial charge in [0.2, 0.25) is 15.0 Å². The van der Waals surface area contributed by atoms with Crippen LogP contribution < -0.4 is 0 Å². The molecule has 0 aliphatic carbocycles. The molecular weight excluding hydrogens is 344 g/mol. The second-order valence-corrected chi connectivity index (χ2v) is 7.14. The van der Waals surface area contributed by atoms with Gasteiger partial charge in [-0.25, -0.2) is 13.5 Å². The van der Waals surface area contributed by atoms with Crippen LogP contribution in [0.3, 0.4) is 0 Å². The molecular formula is C12H9BrN4O2S. The topological polar surface area (TPSA) is 88.6 Å². The van der Waals surface area contributed by atoms with Crippen LogP contribution in [0.5, 0.6) is 0 Å². The molecule has 102 valence electrons. The van der Waals surface area contributed by atoms with E-state index in [0.717, 1.165) is 21.6 Å². The minimum absolute atomic E-state index is 0.142. The Morgan fingerprint density at radius 2 is 2.05 bits per heavy atom. The van der Waals surface area contributed by atoms with E-state index in [-0.39, 0.29) is 5.16 Å². The Morgan fingerprint density at radius 3 is 2.75 bits per heavy atom. The van der Waals surface area contributed by atoms with Crippen LogP contribution in [0.15, 0.2) is 40.1 Å². The third kappa shape index (κ3) is 2.44. The lowest BCUT2D eigenvalue weighted by Crippen LogP contribution is -1.99. The molecule has 8 heteroatoms. The van der Waals surface area contributed by atoms with E-state index in [0.29, 0.717) is 11.4 Å². The van der Waals surface area contributed by atoms with Crippen LogP contribution in [-0.4, -0.2) is 34.8 Å². The molecule has 6 nitrogen and oxygen atoms in total. The first-order valence-electron chi connectivity index (χ1n) is 5.61. The first-order valence-corrected chi connectivity index (χ1v) is 8.30. The van der Waals surface area contributed by atoms with Crippen molar-refractivity contribution in [2.24, 2.45) is 0 Å². The molecule has 1 N–H and O–H groups in total. The molecule has 3 aromatic rings. The van der Waals surface area contributed by atoms with Gasteiger partial charge in [0, 0.05) is 27.9 Å². The highest BCUT2D eigenvalue weighted by Crippen LogP contribution is 2.23. The van der Waals surface area contributed by atoms with Gasteiger partial charge in [-0.1, -0.05) is 12.1 Å². The molecule has 1 aromatic carbocycles. The normalized spacial score (nSPS) is 11.9. The summed E-state index contributed by atoms with van der Waals surface area (Å²) >= 11 is 3.36. The molecule has 0 saturated carbocycles. The van der Waals surface area contributed by atoms with Gasteiger partial charge < -0.3 is 0 Å². The Kier molecular flexibility index (Phi) is 3.06. The van der Waals surface area contributed by atoms with E-state index < -0.39 is 9.84 Å². The van der Waals surface area contributed by atoms with E-state index in [9.17, 15) is 8.42 Å². The first-order chi connectivity index (χ1) is 9.43. The Morgan fingerprint density at radius 1 is 1.25 bits per heavy atom. The van der Waals surface area contributed by atoms with Crippen molar-refractivity contribution in [2.75, 3.05) is 6.26 Å². The highest BCUT2D eigenvalue weighted by Gasteiger charge is 2.14. The number of pyridine rings is 1. The monoisotopic (exact) mass is 352 g/mol. The number of hydrogen-bond acceptors (Lipinski definition) is 5. The van der Waals surface area contributed by atoms with Gasteiger partial charge in [-0.3, -0.25) is 4.98 Å². The van der Waals surface area contributed by atoms with Crippen molar-refractivity contribution < 1.29 is 8.42 Å². The Labute approximate surface area is 123 Å². The second kappa shape index (κ2) is 4.64. The fourth-order valence-electron chi connectivity index (χ4n) is 1.78. The van der Waals surface area contributed by atoms with Gasteiger partial charge in [0.05, 0.1) is 5.52 Å². The summed E-state index contributed by atoms with van der Waals surface area (Å²) in [6.07, 6.45) is 2.78. The van der Waals surface area contributed by atoms with Crippen molar-refractivity contribution in [3.05, 3.63) is 34.9 Å². The standard InChI is InChI=1S/C12H9BrN4O2S/c1-20(18,19)12-15-11(16-17-12)8-3-2-7-4-9(13)6-14-10(7)5-8/h2-6H,1H3,(H,15,16,17). The van der Waals surface area contributed by atoms with Crippen LogP contribution >= 0.6 is 15.9 Å². The van der Waals surface area contributed by atoms with Crippen molar-refractivity contribution in [1.29, 1.82) is 0 Å². The first kappa shape index (κ1) is 13.2. The van der Waals surface area contributed by atoms with Gasteiger partial charge in [-0.15, -0.1) is 0 Å². The zero-order valence-corrected chi connectivity index (χ0v) is 12.7. The van der Waals surface area contributed by atoms with E-state index in [1.165, 1.54) is 0 Å². The number of hydrogen-bond donors (Lipinski definition) is 1. The number of nitrogens with one attached hydrogen (secondary N) is 1. The SMILES string of the molecule is CS(=O)(=O)c1nc(-c2ccc3cc(Br)cnc3c2)n[nH]1. The molecule has 0 amide bonds. The number of sulfone groups is 1. The fourth-order valence-corrected chi connectivity index (χ4v) is 2.59. The summed E-state index contributed by atoms with van der Waals surface area (Å²) in [5.74, 6) is 0.331. The van der Waals surface area contributed by atoms with Crippen LogP contribution in [0.25, 0.3) is 22.3 Å². The zero-order valence-electron chi connectivity index (χ0n) is 10.3. The molecule has 0 unspecified atom stereocenters. The summed E-state index contributed by atoms with van der Waals surface area (Å²) < 4.78 is 23.7. The Balaban J connectivity index is 2.10. The summed E-state index contributed by atoms with van der Waals surface area (Å²) in [6, 6.07) is 7.48. The van der Waals surface area contributed by atoms with Gasteiger partial charge in [-0.05, 0) is 28.1 Å². The van der Waals surface area contributed by atoms with Crippen LogP contribution in [-0.2, 0) is 9.84 Å². The van der Waals surface area contributed by atoms with Gasteiger partial charge >= 0.3 is 0 Å². The van der Waals surface area contributed by atoms with Crippen LogP contribution in [0.1, 0.15) is 0 Å². The van der Waals surface area contributed by atoms with E-state index in [2.05, 4.69) is 36.1 Å². The minimum atomic E-state index is -3.39. The number of benzene rings is 1. The maximum Gasteiger partial charge on any atom is 0.243 e. The average molecular weight is 353 g/mol. The highest BCUT2D eigenvalue weighted by atomic mass is 79.9. The molecule has 2 heterocycles. The lowest BCUT2D eigenvalue weighted by molar-refractivity contribution is 0.594. The lowest BCUT2D eigenvalue weighted by atomic mass is 10.1. The van der Waals surface area contributed by atoms with E-state index in [1.807, 2.05) is 24.3 Å². The summed E-state index contributed by atoms with van der Waals surface area (Å²) in [4.78, 5) is 8.28. The maximum absolute atomic E-state index is 11.4. The minimum Gasteiger partial charge on any atom is -0.255 e. The number of aromatic nitrogens is 4. The van der Waals surface area contributed by atoms with Crippen molar-refractivity contribution in [1.82, 2.24) is 20.2 Å². The van der Waals surface area contributed by atoms with E-state index in [4.69, 9.17) is 0 Å². The third-order valence-electron chi connectivity index (χ3n) is 2.73. The number of aromatic amines is 1. The molecule has 0 bridgehead atoms. The van der Waals surface area contributed by atoms with Gasteiger partial charge in [0.15, 0.2) is 5.82 Å². The van der Waals surface area contributed by atoms with Crippen molar-refractivity contribution in [3.63, 3.8) is 0 Å². The predicted molar refractivity (Wildman–Crippen MR) is 77.9 cm³/mol. The van der Waals surface area contributed by atoms with E-state index >= 15 is 0 Å². The van der Waals surface area contributed by atoms with Crippen LogP contribution in [0.4, 0.5) is 0 Å². The smallest absolute Gasteiger partial charge is 0.243 e. The molecule has 3 rings (SSSR count). The zero-order chi connectivity index (χ0) is 14.3. The maximum atomic E-state index is 11.4. The number of nitrogens with zero attached hydrogens (tertiary/aromatic N) is 3. The van der Waals surface area contributed by atoms with Crippen molar-refractivity contribution >= 4 is 36.7 Å². The lowest BCUT2D eigenvalue weighted by Gasteiger charge is -2.00. The molecule has 0 spiro atoms. The van der Waals surface area contributed by atoms with E-state index in [1.54, 1.807) is 6.20 Å². The summed E-state index contributed by atoms with van der Waals surface area (Å²) in [6.45, 7) is 0. The molecule has 0 radical (unpaired) electrons. The quantitative estimate of drug-likeness (QED) is 0.763. The largest absolute Gasteiger partial charge is 0.255 e. The van der Waals surface area contributed by atoms with Gasteiger partial charge in [-0.2, -0.15) is 10.1 Å². The fraction of sp³-hybridized carbons (Fsp3) is 0.0833. The van der Waals surface area contributed by atoms with Crippen LogP contribution in [0, 0.1) is 0 Å². The van der Waals surface area contributed by atoms with Crippen molar-refractivity contribution in [3.8, 4) is 11.4 Å². The molecule has 2 aromatic heterocycles. The molecule has 0 fully saturated rings. The Bertz CT molecular complexity index is 905. The summed E-state index contributed by atoms with van der Waals surface area (Å²) in [5.41, 5.74) is 1.50. The average Bonchev–Trinajstić information content (AvgIpc) is 2.87. The molecule has 0 saturated heterocycles. The second-order valence-electron chi connectivity index (χ2n) is 4.30. The molecule has 20 heavy (non-hydrogen) atoms. The summed E-state index contributed by atoms with van der Waals surface area (Å²) in [5, 5.41) is 7.18. The predicted octanol–water partition coefficient (Wildman–Crippen LogP) is 2.19.